The Kier molecular flexibility index (Phi) is 4.05. The molecule has 0 aromatic heterocycles. The van der Waals surface area contributed by atoms with Crippen molar-refractivity contribution < 1.29 is 5.11 Å². The first-order chi connectivity index (χ1) is 7.00. The van der Waals surface area contributed by atoms with Gasteiger partial charge in [0.15, 0.2) is 0 Å². The monoisotopic (exact) mass is 224 g/mol. The highest BCUT2D eigenvalue weighted by molar-refractivity contribution is 7.80. The number of benzene rings is 1. The lowest BCUT2D eigenvalue weighted by atomic mass is 10.2. The van der Waals surface area contributed by atoms with Gasteiger partial charge in [-0.3, -0.25) is 0 Å². The predicted molar refractivity (Wildman–Crippen MR) is 67.3 cm³/mol. The molecule has 0 bridgehead atoms. The number of aliphatic hydroxyl groups is 1. The van der Waals surface area contributed by atoms with Crippen molar-refractivity contribution in [1.82, 2.24) is 0 Å². The van der Waals surface area contributed by atoms with Gasteiger partial charge < -0.3 is 15.7 Å². The van der Waals surface area contributed by atoms with Crippen LogP contribution in [0.4, 0.5) is 5.69 Å². The molecule has 0 heterocycles. The van der Waals surface area contributed by atoms with Gasteiger partial charge in [-0.15, -0.1) is 0 Å². The van der Waals surface area contributed by atoms with E-state index in [0.717, 1.165) is 11.3 Å². The van der Waals surface area contributed by atoms with E-state index >= 15 is 0 Å². The van der Waals surface area contributed by atoms with E-state index in [1.807, 2.05) is 36.2 Å². The largest absolute Gasteiger partial charge is 0.392 e. The Balaban J connectivity index is 2.75. The first kappa shape index (κ1) is 11.9. The molecule has 82 valence electrons. The standard InChI is InChI=1S/C11H16N2OS/c1-8(14)7-13(2)10-5-3-9(4-6-10)11(12)15/h3-6,8,14H,7H2,1-2H3,(H2,12,15). The van der Waals surface area contributed by atoms with Crippen molar-refractivity contribution in [3.8, 4) is 0 Å². The summed E-state index contributed by atoms with van der Waals surface area (Å²) in [5, 5.41) is 9.24. The number of likely N-dealkylation sites (N-methyl/N-ethyl adjacent to an activating group) is 1. The van der Waals surface area contributed by atoms with Gasteiger partial charge in [-0.05, 0) is 31.2 Å². The number of hydrogen-bond donors (Lipinski definition) is 2. The minimum absolute atomic E-state index is 0.342. The smallest absolute Gasteiger partial charge is 0.103 e. The molecule has 0 aliphatic rings. The fourth-order valence-electron chi connectivity index (χ4n) is 1.38. The lowest BCUT2D eigenvalue weighted by molar-refractivity contribution is 0.201. The van der Waals surface area contributed by atoms with Crippen LogP contribution in [0.3, 0.4) is 0 Å². The number of thiocarbonyl (C=S) groups is 1. The van der Waals surface area contributed by atoms with Crippen molar-refractivity contribution in [3.63, 3.8) is 0 Å². The summed E-state index contributed by atoms with van der Waals surface area (Å²) in [6.07, 6.45) is -0.342. The maximum atomic E-state index is 9.24. The average Bonchev–Trinajstić information content (AvgIpc) is 2.17. The average molecular weight is 224 g/mol. The van der Waals surface area contributed by atoms with E-state index in [9.17, 15) is 5.11 Å². The Morgan fingerprint density at radius 3 is 2.40 bits per heavy atom. The minimum atomic E-state index is -0.342. The Morgan fingerprint density at radius 1 is 1.47 bits per heavy atom. The predicted octanol–water partition coefficient (Wildman–Crippen LogP) is 1.14. The molecule has 0 fully saturated rings. The summed E-state index contributed by atoms with van der Waals surface area (Å²) >= 11 is 4.87. The van der Waals surface area contributed by atoms with E-state index in [-0.39, 0.29) is 6.10 Å². The number of rotatable bonds is 4. The zero-order chi connectivity index (χ0) is 11.4. The lowest BCUT2D eigenvalue weighted by Gasteiger charge is -2.20. The lowest BCUT2D eigenvalue weighted by Crippen LogP contribution is -2.26. The molecule has 1 atom stereocenters. The van der Waals surface area contributed by atoms with Gasteiger partial charge >= 0.3 is 0 Å². The highest BCUT2D eigenvalue weighted by Crippen LogP contribution is 2.13. The fourth-order valence-corrected chi connectivity index (χ4v) is 1.52. The van der Waals surface area contributed by atoms with Crippen LogP contribution >= 0.6 is 12.2 Å². The first-order valence-corrected chi connectivity index (χ1v) is 5.20. The van der Waals surface area contributed by atoms with Crippen LogP contribution in [-0.2, 0) is 0 Å². The van der Waals surface area contributed by atoms with Gasteiger partial charge in [0, 0.05) is 24.8 Å². The van der Waals surface area contributed by atoms with Crippen LogP contribution in [0.25, 0.3) is 0 Å². The third kappa shape index (κ3) is 3.49. The third-order valence-corrected chi connectivity index (χ3v) is 2.37. The molecule has 15 heavy (non-hydrogen) atoms. The van der Waals surface area contributed by atoms with E-state index in [0.29, 0.717) is 11.5 Å². The molecule has 0 spiro atoms. The molecular weight excluding hydrogens is 208 g/mol. The Morgan fingerprint density at radius 2 is 2.00 bits per heavy atom. The van der Waals surface area contributed by atoms with Crippen LogP contribution in [0, 0.1) is 0 Å². The van der Waals surface area contributed by atoms with Gasteiger partial charge in [0.1, 0.15) is 4.99 Å². The molecule has 0 aliphatic carbocycles. The Bertz CT molecular complexity index is 335. The summed E-state index contributed by atoms with van der Waals surface area (Å²) in [5.41, 5.74) is 7.40. The van der Waals surface area contributed by atoms with Crippen LogP contribution < -0.4 is 10.6 Å². The van der Waals surface area contributed by atoms with Crippen molar-refractivity contribution in [2.24, 2.45) is 5.73 Å². The second kappa shape index (κ2) is 5.09. The molecule has 3 N–H and O–H groups in total. The summed E-state index contributed by atoms with van der Waals surface area (Å²) < 4.78 is 0. The van der Waals surface area contributed by atoms with Crippen LogP contribution in [-0.4, -0.2) is 29.8 Å². The molecule has 0 saturated carbocycles. The van der Waals surface area contributed by atoms with E-state index in [4.69, 9.17) is 18.0 Å². The van der Waals surface area contributed by atoms with Crippen molar-refractivity contribution in [2.45, 2.75) is 13.0 Å². The van der Waals surface area contributed by atoms with E-state index in [2.05, 4.69) is 0 Å². The maximum Gasteiger partial charge on any atom is 0.103 e. The molecule has 1 rings (SSSR count). The molecule has 4 heteroatoms. The van der Waals surface area contributed by atoms with Gasteiger partial charge in [-0.1, -0.05) is 12.2 Å². The van der Waals surface area contributed by atoms with Gasteiger partial charge in [-0.2, -0.15) is 0 Å². The zero-order valence-electron chi connectivity index (χ0n) is 8.97. The third-order valence-electron chi connectivity index (χ3n) is 2.13. The maximum absolute atomic E-state index is 9.24. The molecule has 0 radical (unpaired) electrons. The van der Waals surface area contributed by atoms with E-state index in [1.54, 1.807) is 6.92 Å². The van der Waals surface area contributed by atoms with E-state index < -0.39 is 0 Å². The SMILES string of the molecule is CC(O)CN(C)c1ccc(C(N)=S)cc1. The zero-order valence-corrected chi connectivity index (χ0v) is 9.79. The second-order valence-electron chi connectivity index (χ2n) is 3.64. The molecule has 3 nitrogen and oxygen atoms in total. The Labute approximate surface area is 95.5 Å². The molecule has 0 aliphatic heterocycles. The summed E-state index contributed by atoms with van der Waals surface area (Å²) in [4.78, 5) is 2.38. The quantitative estimate of drug-likeness (QED) is 0.753. The second-order valence-corrected chi connectivity index (χ2v) is 4.08. The summed E-state index contributed by atoms with van der Waals surface area (Å²) in [6.45, 7) is 2.37. The van der Waals surface area contributed by atoms with Crippen molar-refractivity contribution in [3.05, 3.63) is 29.8 Å². The van der Waals surface area contributed by atoms with Gasteiger partial charge in [-0.25, -0.2) is 0 Å². The molecule has 0 saturated heterocycles. The first-order valence-electron chi connectivity index (χ1n) is 4.80. The van der Waals surface area contributed by atoms with Crippen molar-refractivity contribution in [1.29, 1.82) is 0 Å². The van der Waals surface area contributed by atoms with Crippen LogP contribution in [0.1, 0.15) is 12.5 Å². The molecular formula is C11H16N2OS. The van der Waals surface area contributed by atoms with Gasteiger partial charge in [0.2, 0.25) is 0 Å². The summed E-state index contributed by atoms with van der Waals surface area (Å²) in [7, 11) is 1.93. The minimum Gasteiger partial charge on any atom is -0.392 e. The number of hydrogen-bond acceptors (Lipinski definition) is 3. The fraction of sp³-hybridized carbons (Fsp3) is 0.364. The van der Waals surface area contributed by atoms with Crippen molar-refractivity contribution in [2.75, 3.05) is 18.5 Å². The highest BCUT2D eigenvalue weighted by atomic mass is 32.1. The van der Waals surface area contributed by atoms with E-state index in [1.165, 1.54) is 0 Å². The number of nitrogens with two attached hydrogens (primary N) is 1. The summed E-state index contributed by atoms with van der Waals surface area (Å²) in [6, 6.07) is 7.65. The highest BCUT2D eigenvalue weighted by Gasteiger charge is 2.04. The number of nitrogens with zero attached hydrogens (tertiary/aromatic N) is 1. The number of aliphatic hydroxyl groups excluding tert-OH is 1. The molecule has 1 aromatic rings. The van der Waals surface area contributed by atoms with Crippen LogP contribution in [0.5, 0.6) is 0 Å². The van der Waals surface area contributed by atoms with Crippen molar-refractivity contribution >= 4 is 22.9 Å². The van der Waals surface area contributed by atoms with Gasteiger partial charge in [0.05, 0.1) is 6.10 Å². The molecule has 1 unspecified atom stereocenters. The topological polar surface area (TPSA) is 49.5 Å². The Hall–Kier alpha value is -1.13. The summed E-state index contributed by atoms with van der Waals surface area (Å²) in [5.74, 6) is 0. The van der Waals surface area contributed by atoms with Crippen LogP contribution in [0.15, 0.2) is 24.3 Å². The normalized spacial score (nSPS) is 12.2. The number of anilines is 1. The van der Waals surface area contributed by atoms with Gasteiger partial charge in [0.25, 0.3) is 0 Å². The molecule has 1 aromatic carbocycles. The van der Waals surface area contributed by atoms with Crippen LogP contribution in [0.2, 0.25) is 0 Å². The molecule has 0 amide bonds.